The van der Waals surface area contributed by atoms with E-state index >= 15 is 0 Å². The molecule has 0 radical (unpaired) electrons. The van der Waals surface area contributed by atoms with Crippen LogP contribution in [0.3, 0.4) is 0 Å². The van der Waals surface area contributed by atoms with Crippen molar-refractivity contribution in [1.29, 1.82) is 0 Å². The van der Waals surface area contributed by atoms with Crippen LogP contribution in [0.25, 0.3) is 10.9 Å². The largest absolute Gasteiger partial charge is 0.485 e. The van der Waals surface area contributed by atoms with E-state index in [0.29, 0.717) is 28.2 Å². The molecule has 1 N–H and O–H groups in total. The number of carbonyl (C=O) groups is 1. The fourth-order valence-electron chi connectivity index (χ4n) is 3.21. The molecule has 1 aliphatic rings. The van der Waals surface area contributed by atoms with Crippen LogP contribution in [0.4, 0.5) is 0 Å². The average Bonchev–Trinajstić information content (AvgIpc) is 2.71. The van der Waals surface area contributed by atoms with Gasteiger partial charge in [-0.2, -0.15) is 0 Å². The molecule has 0 saturated heterocycles. The molecule has 0 aliphatic carbocycles. The van der Waals surface area contributed by atoms with Gasteiger partial charge in [-0.05, 0) is 38.1 Å². The molecule has 4 rings (SSSR count). The van der Waals surface area contributed by atoms with E-state index in [1.165, 1.54) is 0 Å². The Morgan fingerprint density at radius 3 is 2.68 bits per heavy atom. The van der Waals surface area contributed by atoms with E-state index in [9.17, 15) is 9.59 Å². The van der Waals surface area contributed by atoms with Crippen molar-refractivity contribution in [2.45, 2.75) is 32.5 Å². The van der Waals surface area contributed by atoms with E-state index in [1.807, 2.05) is 32.0 Å². The Morgan fingerprint density at radius 2 is 1.89 bits per heavy atom. The van der Waals surface area contributed by atoms with Crippen LogP contribution in [-0.2, 0) is 11.3 Å². The van der Waals surface area contributed by atoms with Gasteiger partial charge in [-0.1, -0.05) is 24.3 Å². The summed E-state index contributed by atoms with van der Waals surface area (Å²) in [4.78, 5) is 34.3. The highest BCUT2D eigenvalue weighted by Gasteiger charge is 2.32. The number of H-pyrrole nitrogens is 1. The Balaban J connectivity index is 1.58. The number of ether oxygens (including phenoxy) is 2. The van der Waals surface area contributed by atoms with Crippen molar-refractivity contribution in [2.24, 2.45) is 0 Å². The van der Waals surface area contributed by atoms with E-state index in [-0.39, 0.29) is 30.7 Å². The number of rotatable bonds is 4. The molecule has 1 unspecified atom stereocenters. The minimum atomic E-state index is -0.746. The lowest BCUT2D eigenvalue weighted by Crippen LogP contribution is -2.48. The summed E-state index contributed by atoms with van der Waals surface area (Å²) >= 11 is 0. The highest BCUT2D eigenvalue weighted by molar-refractivity contribution is 5.82. The van der Waals surface area contributed by atoms with Crippen molar-refractivity contribution in [3.8, 4) is 11.5 Å². The van der Waals surface area contributed by atoms with Gasteiger partial charge < -0.3 is 19.4 Å². The van der Waals surface area contributed by atoms with Gasteiger partial charge in [0.2, 0.25) is 6.10 Å². The monoisotopic (exact) mass is 379 g/mol. The van der Waals surface area contributed by atoms with Crippen LogP contribution in [-0.4, -0.2) is 39.5 Å². The topological polar surface area (TPSA) is 84.5 Å². The number of amides is 1. The summed E-state index contributed by atoms with van der Waals surface area (Å²) in [6.45, 7) is 4.14. The van der Waals surface area contributed by atoms with E-state index < -0.39 is 6.10 Å². The van der Waals surface area contributed by atoms with E-state index in [1.54, 1.807) is 35.2 Å². The molecule has 144 valence electrons. The van der Waals surface area contributed by atoms with Crippen LogP contribution in [0.5, 0.6) is 11.5 Å². The molecule has 1 amide bonds. The van der Waals surface area contributed by atoms with Gasteiger partial charge in [-0.15, -0.1) is 0 Å². The molecular formula is C21H21N3O4. The number of fused-ring (bicyclic) bond motifs is 2. The first-order valence-electron chi connectivity index (χ1n) is 9.20. The molecule has 1 aliphatic heterocycles. The predicted octanol–water partition coefficient (Wildman–Crippen LogP) is 2.50. The fourth-order valence-corrected chi connectivity index (χ4v) is 3.21. The zero-order chi connectivity index (χ0) is 19.7. The second-order valence-corrected chi connectivity index (χ2v) is 6.95. The van der Waals surface area contributed by atoms with E-state index in [4.69, 9.17) is 9.47 Å². The van der Waals surface area contributed by atoms with E-state index in [0.717, 1.165) is 0 Å². The normalized spacial score (nSPS) is 15.6. The molecule has 2 aromatic carbocycles. The Labute approximate surface area is 161 Å². The number of para-hydroxylation sites is 3. The highest BCUT2D eigenvalue weighted by Crippen LogP contribution is 2.31. The number of hydrogen-bond donors (Lipinski definition) is 1. The number of aromatic amines is 1. The molecule has 0 fully saturated rings. The smallest absolute Gasteiger partial charge is 0.267 e. The van der Waals surface area contributed by atoms with Gasteiger partial charge in [0.25, 0.3) is 11.5 Å². The number of carbonyl (C=O) groups excluding carboxylic acids is 1. The molecule has 1 aromatic heterocycles. The van der Waals surface area contributed by atoms with Crippen LogP contribution in [0.2, 0.25) is 0 Å². The third-order valence-electron chi connectivity index (χ3n) is 4.67. The highest BCUT2D eigenvalue weighted by atomic mass is 16.6. The zero-order valence-corrected chi connectivity index (χ0v) is 15.7. The van der Waals surface area contributed by atoms with Gasteiger partial charge in [0.1, 0.15) is 12.4 Å². The summed E-state index contributed by atoms with van der Waals surface area (Å²) < 4.78 is 11.5. The maximum absolute atomic E-state index is 13.1. The van der Waals surface area contributed by atoms with Crippen molar-refractivity contribution < 1.29 is 14.3 Å². The number of nitrogens with one attached hydrogen (secondary N) is 1. The molecule has 7 heteroatoms. The lowest BCUT2D eigenvalue weighted by molar-refractivity contribution is -0.143. The maximum Gasteiger partial charge on any atom is 0.267 e. The van der Waals surface area contributed by atoms with Crippen molar-refractivity contribution in [1.82, 2.24) is 14.9 Å². The first kappa shape index (κ1) is 18.0. The molecule has 7 nitrogen and oxygen atoms in total. The van der Waals surface area contributed by atoms with Gasteiger partial charge in [-0.25, -0.2) is 4.98 Å². The number of hydrogen-bond acceptors (Lipinski definition) is 5. The first-order chi connectivity index (χ1) is 13.5. The molecule has 1 atom stereocenters. The SMILES string of the molecule is CC(C)N(Cc1nc2ccccc2c(=O)[nH]1)C(=O)C1COc2ccccc2O1. The molecule has 2 heterocycles. The summed E-state index contributed by atoms with van der Waals surface area (Å²) in [6, 6.07) is 14.3. The minimum Gasteiger partial charge on any atom is -0.485 e. The zero-order valence-electron chi connectivity index (χ0n) is 15.7. The Kier molecular flexibility index (Phi) is 4.73. The van der Waals surface area contributed by atoms with Crippen molar-refractivity contribution in [3.05, 3.63) is 64.7 Å². The van der Waals surface area contributed by atoms with Crippen molar-refractivity contribution in [3.63, 3.8) is 0 Å². The Morgan fingerprint density at radius 1 is 1.18 bits per heavy atom. The van der Waals surface area contributed by atoms with Crippen LogP contribution in [0.15, 0.2) is 53.3 Å². The third kappa shape index (κ3) is 3.43. The van der Waals surface area contributed by atoms with Gasteiger partial charge in [-0.3, -0.25) is 9.59 Å². The van der Waals surface area contributed by atoms with E-state index in [2.05, 4.69) is 9.97 Å². The number of aromatic nitrogens is 2. The lowest BCUT2D eigenvalue weighted by Gasteiger charge is -2.32. The minimum absolute atomic E-state index is 0.106. The molecule has 0 spiro atoms. The first-order valence-corrected chi connectivity index (χ1v) is 9.20. The van der Waals surface area contributed by atoms with Gasteiger partial charge in [0, 0.05) is 6.04 Å². The lowest BCUT2D eigenvalue weighted by atomic mass is 10.2. The molecule has 28 heavy (non-hydrogen) atoms. The maximum atomic E-state index is 13.1. The summed E-state index contributed by atoms with van der Waals surface area (Å²) in [5.74, 6) is 1.40. The van der Waals surface area contributed by atoms with Crippen LogP contribution < -0.4 is 15.0 Å². The van der Waals surface area contributed by atoms with Gasteiger partial charge >= 0.3 is 0 Å². The standard InChI is InChI=1S/C21H21N3O4/c1-13(2)24(11-19-22-15-8-4-3-7-14(15)20(25)23-19)21(26)18-12-27-16-9-5-6-10-17(16)28-18/h3-10,13,18H,11-12H2,1-2H3,(H,22,23,25). The van der Waals surface area contributed by atoms with Gasteiger partial charge in [0.15, 0.2) is 11.5 Å². The Hall–Kier alpha value is -3.35. The third-order valence-corrected chi connectivity index (χ3v) is 4.67. The summed E-state index contributed by atoms with van der Waals surface area (Å²) in [5, 5.41) is 0.522. The second-order valence-electron chi connectivity index (χ2n) is 6.95. The molecule has 0 saturated carbocycles. The van der Waals surface area contributed by atoms with Crippen molar-refractivity contribution in [2.75, 3.05) is 6.61 Å². The average molecular weight is 379 g/mol. The van der Waals surface area contributed by atoms with Gasteiger partial charge in [0.05, 0.1) is 17.4 Å². The number of nitrogens with zero attached hydrogens (tertiary/aromatic N) is 2. The molecular weight excluding hydrogens is 358 g/mol. The van der Waals surface area contributed by atoms with Crippen molar-refractivity contribution >= 4 is 16.8 Å². The summed E-state index contributed by atoms with van der Waals surface area (Å²) in [7, 11) is 0. The molecule has 0 bridgehead atoms. The summed E-state index contributed by atoms with van der Waals surface area (Å²) in [5.41, 5.74) is 0.381. The predicted molar refractivity (Wildman–Crippen MR) is 104 cm³/mol. The van der Waals surface area contributed by atoms with Crippen LogP contribution in [0, 0.1) is 0 Å². The quantitative estimate of drug-likeness (QED) is 0.753. The second kappa shape index (κ2) is 7.34. The van der Waals surface area contributed by atoms with Crippen LogP contribution in [0.1, 0.15) is 19.7 Å². The Bertz CT molecular complexity index is 1080. The van der Waals surface area contributed by atoms with Crippen LogP contribution >= 0.6 is 0 Å². The molecule has 3 aromatic rings. The summed E-state index contributed by atoms with van der Waals surface area (Å²) in [6.07, 6.45) is -0.746. The fraction of sp³-hybridized carbons (Fsp3) is 0.286. The number of benzene rings is 2.